The van der Waals surface area contributed by atoms with Crippen LogP contribution >= 0.6 is 11.8 Å². The number of aliphatic hydroxyl groups is 1. The molecule has 7 nitrogen and oxygen atoms in total. The van der Waals surface area contributed by atoms with Gasteiger partial charge in [0.05, 0.1) is 29.2 Å². The van der Waals surface area contributed by atoms with E-state index in [1.165, 1.54) is 0 Å². The molecule has 5 rings (SSSR count). The minimum atomic E-state index is -0.805. The highest BCUT2D eigenvalue weighted by molar-refractivity contribution is 8.02. The number of carbonyl (C=O) groups excluding carboxylic acids is 3. The van der Waals surface area contributed by atoms with E-state index in [-0.39, 0.29) is 35.5 Å². The van der Waals surface area contributed by atoms with E-state index >= 15 is 0 Å². The molecule has 7 atom stereocenters. The average Bonchev–Trinajstić information content (AvgIpc) is 3.44. The number of amides is 3. The lowest BCUT2D eigenvalue weighted by Crippen LogP contribution is -2.59. The van der Waals surface area contributed by atoms with Gasteiger partial charge < -0.3 is 20.6 Å². The predicted molar refractivity (Wildman–Crippen MR) is 145 cm³/mol. The molecule has 2 aromatic carbocycles. The maximum atomic E-state index is 14.4. The van der Waals surface area contributed by atoms with Crippen LogP contribution in [0.4, 0.5) is 5.69 Å². The van der Waals surface area contributed by atoms with E-state index < -0.39 is 34.2 Å². The number of nitrogens with zero attached hydrogens (tertiary/aromatic N) is 1. The van der Waals surface area contributed by atoms with Crippen molar-refractivity contribution in [2.24, 2.45) is 17.8 Å². The molecule has 2 aromatic rings. The zero-order chi connectivity index (χ0) is 26.5. The molecule has 3 unspecified atom stereocenters. The summed E-state index contributed by atoms with van der Waals surface area (Å²) in [5.41, 5.74) is 0.946. The average molecular weight is 522 g/mol. The monoisotopic (exact) mass is 521 g/mol. The Labute approximate surface area is 222 Å². The highest BCUT2D eigenvalue weighted by atomic mass is 32.2. The number of fused-ring (bicyclic) bond motifs is 1. The molecule has 0 saturated carbocycles. The van der Waals surface area contributed by atoms with E-state index in [1.54, 1.807) is 16.7 Å². The lowest BCUT2D eigenvalue weighted by molar-refractivity contribution is -0.142. The normalized spacial score (nSPS) is 31.2. The van der Waals surface area contributed by atoms with Crippen molar-refractivity contribution in [2.45, 2.75) is 61.7 Å². The van der Waals surface area contributed by atoms with Crippen molar-refractivity contribution in [3.8, 4) is 0 Å². The van der Waals surface area contributed by atoms with Gasteiger partial charge in [0.25, 0.3) is 0 Å². The highest BCUT2D eigenvalue weighted by Gasteiger charge is 2.76. The van der Waals surface area contributed by atoms with Gasteiger partial charge in [-0.2, -0.15) is 0 Å². The summed E-state index contributed by atoms with van der Waals surface area (Å²) in [4.78, 5) is 43.7. The standard InChI is InChI=1S/C29H35N3O4S/c1-17-15-21-22(25(34)30-19-13-9-6-10-14-19)23-27(36)32(20(16-33)18-11-7-5-8-12-18)24(29(17,23)37-21)26(35)31-28(2,3)4/h5-14,17,20-24,33H,15-16H2,1-4H3,(H,30,34)(H,31,35)/t17?,20-,21+,22-,23+,24?,29?/m1/s1. The summed E-state index contributed by atoms with van der Waals surface area (Å²) in [5.74, 6) is -1.81. The fourth-order valence-electron chi connectivity index (χ4n) is 6.61. The maximum Gasteiger partial charge on any atom is 0.244 e. The number of thioether (sulfide) groups is 1. The molecule has 0 aliphatic carbocycles. The molecule has 2 bridgehead atoms. The fraction of sp³-hybridized carbons (Fsp3) is 0.483. The molecule has 3 N–H and O–H groups in total. The molecular formula is C29H35N3O4S. The quantitative estimate of drug-likeness (QED) is 0.540. The molecule has 37 heavy (non-hydrogen) atoms. The molecule has 3 aliphatic heterocycles. The van der Waals surface area contributed by atoms with Gasteiger partial charge >= 0.3 is 0 Å². The van der Waals surface area contributed by atoms with Crippen LogP contribution in [-0.2, 0) is 14.4 Å². The van der Waals surface area contributed by atoms with Crippen LogP contribution in [-0.4, -0.2) is 55.9 Å². The smallest absolute Gasteiger partial charge is 0.244 e. The minimum absolute atomic E-state index is 0.0491. The first-order chi connectivity index (χ1) is 17.6. The van der Waals surface area contributed by atoms with Crippen LogP contribution in [0.3, 0.4) is 0 Å². The Balaban J connectivity index is 1.59. The molecular weight excluding hydrogens is 486 g/mol. The zero-order valence-electron chi connectivity index (χ0n) is 21.7. The van der Waals surface area contributed by atoms with Gasteiger partial charge in [0, 0.05) is 16.5 Å². The largest absolute Gasteiger partial charge is 0.394 e. The van der Waals surface area contributed by atoms with Crippen LogP contribution in [0.2, 0.25) is 0 Å². The van der Waals surface area contributed by atoms with Gasteiger partial charge in [0.2, 0.25) is 17.7 Å². The zero-order valence-corrected chi connectivity index (χ0v) is 22.5. The number of nitrogens with one attached hydrogen (secondary N) is 2. The SMILES string of the molecule is CC1C[C@@H]2SC13C(C(=O)NC(C)(C)C)N([C@H](CO)c1ccccc1)C(=O)[C@@H]3[C@@H]2C(=O)Nc1ccccc1. The van der Waals surface area contributed by atoms with E-state index in [1.807, 2.05) is 81.4 Å². The van der Waals surface area contributed by atoms with Crippen LogP contribution in [0, 0.1) is 17.8 Å². The Morgan fingerprint density at radius 1 is 1.08 bits per heavy atom. The third kappa shape index (κ3) is 4.24. The van der Waals surface area contributed by atoms with Crippen molar-refractivity contribution in [3.05, 3.63) is 66.2 Å². The van der Waals surface area contributed by atoms with Gasteiger partial charge in [0.15, 0.2) is 0 Å². The number of para-hydroxylation sites is 1. The van der Waals surface area contributed by atoms with Crippen LogP contribution in [0.5, 0.6) is 0 Å². The fourth-order valence-corrected chi connectivity index (χ4v) is 9.02. The molecule has 196 valence electrons. The topological polar surface area (TPSA) is 98.7 Å². The Hall–Kier alpha value is -2.84. The molecule has 1 spiro atoms. The van der Waals surface area contributed by atoms with Crippen LogP contribution in [0.25, 0.3) is 0 Å². The predicted octanol–water partition coefficient (Wildman–Crippen LogP) is 3.61. The second kappa shape index (κ2) is 9.48. The molecule has 3 amide bonds. The third-order valence-electron chi connectivity index (χ3n) is 7.97. The van der Waals surface area contributed by atoms with Gasteiger partial charge in [-0.15, -0.1) is 11.8 Å². The lowest BCUT2D eigenvalue weighted by Gasteiger charge is -2.41. The number of hydrogen-bond acceptors (Lipinski definition) is 5. The van der Waals surface area contributed by atoms with Gasteiger partial charge in [-0.05, 0) is 50.8 Å². The van der Waals surface area contributed by atoms with Crippen LogP contribution in [0.15, 0.2) is 60.7 Å². The van der Waals surface area contributed by atoms with E-state index in [0.717, 1.165) is 12.0 Å². The Bertz CT molecular complexity index is 1180. The number of anilines is 1. The van der Waals surface area contributed by atoms with E-state index in [0.29, 0.717) is 5.69 Å². The van der Waals surface area contributed by atoms with Gasteiger partial charge in [-0.25, -0.2) is 0 Å². The van der Waals surface area contributed by atoms with Crippen molar-refractivity contribution < 1.29 is 19.5 Å². The first-order valence-corrected chi connectivity index (χ1v) is 13.8. The van der Waals surface area contributed by atoms with Gasteiger partial charge in [0.1, 0.15) is 6.04 Å². The van der Waals surface area contributed by atoms with Crippen LogP contribution < -0.4 is 10.6 Å². The number of rotatable bonds is 6. The molecule has 8 heteroatoms. The first-order valence-electron chi connectivity index (χ1n) is 12.9. The van der Waals surface area contributed by atoms with Gasteiger partial charge in [-0.3, -0.25) is 14.4 Å². The summed E-state index contributed by atoms with van der Waals surface area (Å²) in [6.07, 6.45) is 0.754. The van der Waals surface area contributed by atoms with Crippen LogP contribution in [0.1, 0.15) is 45.7 Å². The summed E-state index contributed by atoms with van der Waals surface area (Å²) >= 11 is 1.63. The number of aliphatic hydroxyl groups excluding tert-OH is 1. The molecule has 0 radical (unpaired) electrons. The van der Waals surface area contributed by atoms with E-state index in [4.69, 9.17) is 0 Å². The Morgan fingerprint density at radius 3 is 2.30 bits per heavy atom. The summed E-state index contributed by atoms with van der Waals surface area (Å²) in [6.45, 7) is 7.53. The molecule has 3 saturated heterocycles. The van der Waals surface area contributed by atoms with E-state index in [2.05, 4.69) is 17.6 Å². The number of likely N-dealkylation sites (tertiary alicyclic amines) is 1. The summed E-state index contributed by atoms with van der Waals surface area (Å²) < 4.78 is -0.752. The summed E-state index contributed by atoms with van der Waals surface area (Å²) in [6, 6.07) is 17.1. The van der Waals surface area contributed by atoms with Crippen molar-refractivity contribution in [2.75, 3.05) is 11.9 Å². The number of carbonyl (C=O) groups is 3. The molecule has 0 aromatic heterocycles. The second-order valence-corrected chi connectivity index (χ2v) is 13.0. The highest BCUT2D eigenvalue weighted by Crippen LogP contribution is 2.69. The maximum absolute atomic E-state index is 14.4. The number of hydrogen-bond donors (Lipinski definition) is 3. The van der Waals surface area contributed by atoms with Crippen molar-refractivity contribution in [1.82, 2.24) is 10.2 Å². The minimum Gasteiger partial charge on any atom is -0.394 e. The first kappa shape index (κ1) is 25.8. The van der Waals surface area contributed by atoms with Crippen molar-refractivity contribution in [3.63, 3.8) is 0 Å². The molecule has 3 aliphatic rings. The van der Waals surface area contributed by atoms with Crippen molar-refractivity contribution >= 4 is 35.2 Å². The van der Waals surface area contributed by atoms with E-state index in [9.17, 15) is 19.5 Å². The Morgan fingerprint density at radius 2 is 1.70 bits per heavy atom. The third-order valence-corrected chi connectivity index (χ3v) is 10.0. The lowest BCUT2D eigenvalue weighted by atomic mass is 9.65. The second-order valence-electron chi connectivity index (χ2n) is 11.5. The summed E-state index contributed by atoms with van der Waals surface area (Å²) in [7, 11) is 0. The van der Waals surface area contributed by atoms with Crippen molar-refractivity contribution in [1.29, 1.82) is 0 Å². The molecule has 3 fully saturated rings. The molecule has 3 heterocycles. The Kier molecular flexibility index (Phi) is 6.61. The van der Waals surface area contributed by atoms with Gasteiger partial charge in [-0.1, -0.05) is 55.5 Å². The summed E-state index contributed by atoms with van der Waals surface area (Å²) in [5, 5.41) is 16.6. The number of benzene rings is 2.